The maximum absolute atomic E-state index is 11.9. The van der Waals surface area contributed by atoms with Crippen molar-refractivity contribution in [3.05, 3.63) is 11.8 Å². The summed E-state index contributed by atoms with van der Waals surface area (Å²) in [5, 5.41) is 10.2. The first-order valence-electron chi connectivity index (χ1n) is 8.39. The molecule has 1 aromatic heterocycles. The Morgan fingerprint density at radius 1 is 1.41 bits per heavy atom. The van der Waals surface area contributed by atoms with Crippen molar-refractivity contribution in [2.75, 3.05) is 25.1 Å². The van der Waals surface area contributed by atoms with E-state index in [1.54, 1.807) is 4.68 Å². The van der Waals surface area contributed by atoms with E-state index in [-0.39, 0.29) is 6.03 Å². The van der Waals surface area contributed by atoms with Gasteiger partial charge in [0, 0.05) is 38.8 Å². The van der Waals surface area contributed by atoms with Crippen molar-refractivity contribution >= 4 is 11.8 Å². The van der Waals surface area contributed by atoms with E-state index in [9.17, 15) is 4.79 Å². The minimum absolute atomic E-state index is 0.176. The highest BCUT2D eigenvalue weighted by Gasteiger charge is 2.23. The second-order valence-electron chi connectivity index (χ2n) is 6.46. The van der Waals surface area contributed by atoms with Crippen molar-refractivity contribution in [1.82, 2.24) is 15.1 Å². The molecule has 0 saturated heterocycles. The van der Waals surface area contributed by atoms with E-state index in [4.69, 9.17) is 4.74 Å². The van der Waals surface area contributed by atoms with E-state index >= 15 is 0 Å². The summed E-state index contributed by atoms with van der Waals surface area (Å²) in [4.78, 5) is 11.9. The van der Waals surface area contributed by atoms with Crippen LogP contribution in [0.5, 0.6) is 0 Å². The largest absolute Gasteiger partial charge is 0.381 e. The lowest BCUT2D eigenvalue weighted by atomic mass is 9.83. The van der Waals surface area contributed by atoms with Crippen molar-refractivity contribution < 1.29 is 9.53 Å². The molecule has 3 rings (SSSR count). The van der Waals surface area contributed by atoms with E-state index in [0.717, 1.165) is 30.5 Å². The van der Waals surface area contributed by atoms with E-state index in [1.807, 2.05) is 13.1 Å². The third-order valence-electron chi connectivity index (χ3n) is 4.47. The first-order valence-corrected chi connectivity index (χ1v) is 8.39. The number of nitrogens with zero attached hydrogens (tertiary/aromatic N) is 2. The zero-order chi connectivity index (χ0) is 15.4. The maximum Gasteiger partial charge on any atom is 0.320 e. The molecule has 2 aliphatic carbocycles. The minimum Gasteiger partial charge on any atom is -0.381 e. The summed E-state index contributed by atoms with van der Waals surface area (Å²) >= 11 is 0. The van der Waals surface area contributed by atoms with Gasteiger partial charge in [0.25, 0.3) is 0 Å². The average molecular weight is 306 g/mol. The summed E-state index contributed by atoms with van der Waals surface area (Å²) in [7, 11) is 1.86. The van der Waals surface area contributed by atoms with E-state index in [2.05, 4.69) is 15.7 Å². The molecular formula is C16H26N4O2. The van der Waals surface area contributed by atoms with E-state index < -0.39 is 0 Å². The second-order valence-corrected chi connectivity index (χ2v) is 6.46. The summed E-state index contributed by atoms with van der Waals surface area (Å²) in [5.74, 6) is 2.13. The fraction of sp³-hybridized carbons (Fsp3) is 0.750. The summed E-state index contributed by atoms with van der Waals surface area (Å²) in [6, 6.07) is 1.81. The summed E-state index contributed by atoms with van der Waals surface area (Å²) in [6.07, 6.45) is 7.18. The summed E-state index contributed by atoms with van der Waals surface area (Å²) in [6.45, 7) is 2.23. The van der Waals surface area contributed by atoms with Crippen molar-refractivity contribution in [2.24, 2.45) is 13.0 Å². The number of urea groups is 1. The molecule has 122 valence electrons. The van der Waals surface area contributed by atoms with Crippen LogP contribution < -0.4 is 10.6 Å². The molecule has 6 nitrogen and oxygen atoms in total. The summed E-state index contributed by atoms with van der Waals surface area (Å²) < 4.78 is 7.28. The highest BCUT2D eigenvalue weighted by atomic mass is 16.5. The van der Waals surface area contributed by atoms with Crippen LogP contribution in [-0.4, -0.2) is 35.6 Å². The Labute approximate surface area is 131 Å². The number of ether oxygens (including phenoxy) is 1. The van der Waals surface area contributed by atoms with Crippen LogP contribution in [0.3, 0.4) is 0 Å². The quantitative estimate of drug-likeness (QED) is 0.725. The first-order chi connectivity index (χ1) is 10.7. The molecular weight excluding hydrogens is 280 g/mol. The van der Waals surface area contributed by atoms with Gasteiger partial charge in [-0.2, -0.15) is 5.10 Å². The number of aryl methyl sites for hydroxylation is 1. The SMILES string of the molecule is Cn1nc(C2CCC2)cc1NC(=O)NCCCOCC1CC1. The van der Waals surface area contributed by atoms with Crippen LogP contribution in [0.1, 0.15) is 50.1 Å². The number of aromatic nitrogens is 2. The number of rotatable bonds is 8. The van der Waals surface area contributed by atoms with Gasteiger partial charge in [-0.15, -0.1) is 0 Å². The highest BCUT2D eigenvalue weighted by Crippen LogP contribution is 2.36. The molecule has 6 heteroatoms. The van der Waals surface area contributed by atoms with Crippen LogP contribution in [0.25, 0.3) is 0 Å². The lowest BCUT2D eigenvalue weighted by Crippen LogP contribution is -2.30. The van der Waals surface area contributed by atoms with Gasteiger partial charge in [-0.25, -0.2) is 4.79 Å². The molecule has 0 radical (unpaired) electrons. The number of nitrogens with one attached hydrogen (secondary N) is 2. The van der Waals surface area contributed by atoms with Crippen molar-refractivity contribution in [3.8, 4) is 0 Å². The Morgan fingerprint density at radius 2 is 2.23 bits per heavy atom. The van der Waals surface area contributed by atoms with Gasteiger partial charge >= 0.3 is 6.03 Å². The van der Waals surface area contributed by atoms with Crippen molar-refractivity contribution in [2.45, 2.75) is 44.4 Å². The zero-order valence-corrected chi connectivity index (χ0v) is 13.3. The Balaban J connectivity index is 1.33. The second kappa shape index (κ2) is 7.13. The van der Waals surface area contributed by atoms with Gasteiger partial charge < -0.3 is 10.1 Å². The van der Waals surface area contributed by atoms with Crippen LogP contribution >= 0.6 is 0 Å². The number of carbonyl (C=O) groups is 1. The summed E-state index contributed by atoms with van der Waals surface area (Å²) in [5.41, 5.74) is 1.09. The molecule has 2 fully saturated rings. The Kier molecular flexibility index (Phi) is 4.97. The van der Waals surface area contributed by atoms with Crippen molar-refractivity contribution in [3.63, 3.8) is 0 Å². The molecule has 1 aromatic rings. The topological polar surface area (TPSA) is 68.2 Å². The van der Waals surface area contributed by atoms with Crippen LogP contribution in [-0.2, 0) is 11.8 Å². The molecule has 2 amide bonds. The molecule has 0 spiro atoms. The predicted molar refractivity (Wildman–Crippen MR) is 85.0 cm³/mol. The molecule has 0 aromatic carbocycles. The Bertz CT molecular complexity index is 506. The number of carbonyl (C=O) groups excluding carboxylic acids is 1. The molecule has 0 bridgehead atoms. The van der Waals surface area contributed by atoms with Gasteiger partial charge in [-0.3, -0.25) is 10.00 Å². The van der Waals surface area contributed by atoms with Gasteiger partial charge in [0.05, 0.1) is 5.69 Å². The maximum atomic E-state index is 11.9. The third kappa shape index (κ3) is 4.22. The zero-order valence-electron chi connectivity index (χ0n) is 13.3. The normalized spacial score (nSPS) is 18.0. The fourth-order valence-electron chi connectivity index (χ4n) is 2.58. The monoisotopic (exact) mass is 306 g/mol. The molecule has 1 heterocycles. The van der Waals surface area contributed by atoms with Crippen LogP contribution in [0.2, 0.25) is 0 Å². The van der Waals surface area contributed by atoms with Crippen LogP contribution in [0.4, 0.5) is 10.6 Å². The lowest BCUT2D eigenvalue weighted by Gasteiger charge is -2.22. The molecule has 0 atom stereocenters. The minimum atomic E-state index is -0.176. The number of hydrogen-bond acceptors (Lipinski definition) is 3. The third-order valence-corrected chi connectivity index (χ3v) is 4.47. The number of anilines is 1. The average Bonchev–Trinajstić information content (AvgIpc) is 3.18. The molecule has 2 aliphatic rings. The standard InChI is InChI=1S/C16H26N4O2/c1-20-15(10-14(19-20)13-4-2-5-13)18-16(21)17-8-3-9-22-11-12-6-7-12/h10,12-13H,2-9,11H2,1H3,(H2,17,18,21). The van der Waals surface area contributed by atoms with Gasteiger partial charge in [0.1, 0.15) is 5.82 Å². The molecule has 2 N–H and O–H groups in total. The first kappa shape index (κ1) is 15.3. The van der Waals surface area contributed by atoms with Gasteiger partial charge in [0.2, 0.25) is 0 Å². The highest BCUT2D eigenvalue weighted by molar-refractivity contribution is 5.88. The number of amides is 2. The molecule has 0 aliphatic heterocycles. The number of hydrogen-bond donors (Lipinski definition) is 2. The fourth-order valence-corrected chi connectivity index (χ4v) is 2.58. The molecule has 0 unspecified atom stereocenters. The lowest BCUT2D eigenvalue weighted by molar-refractivity contribution is 0.122. The van der Waals surface area contributed by atoms with E-state index in [1.165, 1.54) is 32.1 Å². The van der Waals surface area contributed by atoms with Crippen LogP contribution in [0, 0.1) is 5.92 Å². The predicted octanol–water partition coefficient (Wildman–Crippen LogP) is 2.63. The van der Waals surface area contributed by atoms with Crippen molar-refractivity contribution in [1.29, 1.82) is 0 Å². The van der Waals surface area contributed by atoms with Gasteiger partial charge in [-0.1, -0.05) is 6.42 Å². The smallest absolute Gasteiger partial charge is 0.320 e. The Hall–Kier alpha value is -1.56. The van der Waals surface area contributed by atoms with E-state index in [0.29, 0.717) is 19.1 Å². The Morgan fingerprint density at radius 3 is 2.91 bits per heavy atom. The molecule has 22 heavy (non-hydrogen) atoms. The van der Waals surface area contributed by atoms with Gasteiger partial charge in [-0.05, 0) is 38.0 Å². The van der Waals surface area contributed by atoms with Crippen LogP contribution in [0.15, 0.2) is 6.07 Å². The molecule has 2 saturated carbocycles. The van der Waals surface area contributed by atoms with Gasteiger partial charge in [0.15, 0.2) is 0 Å².